The molecular weight excluding hydrogens is 441 g/mol. The number of rotatable bonds is 3. The highest BCUT2D eigenvalue weighted by atomic mass is 19.4. The number of aromatic nitrogens is 1. The third-order valence-electron chi connectivity index (χ3n) is 5.42. The number of piperidine rings is 1. The largest absolute Gasteiger partial charge is 0.444 e. The van der Waals surface area contributed by atoms with E-state index in [1.165, 1.54) is 4.90 Å². The molecule has 0 aromatic carbocycles. The van der Waals surface area contributed by atoms with Crippen molar-refractivity contribution in [2.75, 3.05) is 24.5 Å². The summed E-state index contributed by atoms with van der Waals surface area (Å²) in [5, 5.41) is 0. The van der Waals surface area contributed by atoms with Crippen LogP contribution in [-0.4, -0.2) is 53.7 Å². The number of halogens is 5. The first-order valence-electron chi connectivity index (χ1n) is 10.0. The van der Waals surface area contributed by atoms with Crippen LogP contribution in [-0.2, 0) is 15.7 Å². The highest BCUT2D eigenvalue weighted by Crippen LogP contribution is 2.45. The molecule has 7 nitrogen and oxygen atoms in total. The van der Waals surface area contributed by atoms with Gasteiger partial charge in [-0.25, -0.2) is 9.78 Å². The average molecular weight is 465 g/mol. The first kappa shape index (κ1) is 24.0. The number of anilines is 1. The van der Waals surface area contributed by atoms with Gasteiger partial charge in [-0.15, -0.1) is 0 Å². The number of likely N-dealkylation sites (tertiary alicyclic amines) is 1. The number of pyridine rings is 1. The molecular formula is C20H24F5N3O4. The summed E-state index contributed by atoms with van der Waals surface area (Å²) in [6, 6.07) is 1.54. The number of carbonyl (C=O) groups is 2. The lowest BCUT2D eigenvalue weighted by Gasteiger charge is -2.39. The highest BCUT2D eigenvalue weighted by Gasteiger charge is 2.47. The van der Waals surface area contributed by atoms with E-state index in [9.17, 15) is 31.5 Å². The minimum atomic E-state index is -4.86. The number of amides is 2. The van der Waals surface area contributed by atoms with Gasteiger partial charge >= 0.3 is 18.9 Å². The van der Waals surface area contributed by atoms with Gasteiger partial charge in [0, 0.05) is 31.5 Å². The van der Waals surface area contributed by atoms with Crippen LogP contribution in [0.3, 0.4) is 0 Å². The maximum atomic E-state index is 13.0. The summed E-state index contributed by atoms with van der Waals surface area (Å²) in [5.41, 5.74) is -2.83. The summed E-state index contributed by atoms with van der Waals surface area (Å²) >= 11 is 0. The van der Waals surface area contributed by atoms with Gasteiger partial charge in [-0.2, -0.15) is 22.0 Å². The van der Waals surface area contributed by atoms with E-state index >= 15 is 0 Å². The van der Waals surface area contributed by atoms with Gasteiger partial charge < -0.3 is 19.3 Å². The van der Waals surface area contributed by atoms with Crippen LogP contribution in [0.1, 0.15) is 45.7 Å². The van der Waals surface area contributed by atoms with E-state index in [-0.39, 0.29) is 18.7 Å². The van der Waals surface area contributed by atoms with Crippen molar-refractivity contribution in [3.05, 3.63) is 17.8 Å². The van der Waals surface area contributed by atoms with Gasteiger partial charge in [0.2, 0.25) is 11.8 Å². The van der Waals surface area contributed by atoms with Crippen molar-refractivity contribution >= 4 is 17.7 Å². The molecule has 3 heterocycles. The number of hydrogen-bond acceptors (Lipinski definition) is 5. The molecule has 2 aliphatic heterocycles. The Morgan fingerprint density at radius 1 is 1.16 bits per heavy atom. The molecule has 0 radical (unpaired) electrons. The fourth-order valence-electron chi connectivity index (χ4n) is 3.91. The molecule has 0 unspecified atom stereocenters. The van der Waals surface area contributed by atoms with E-state index in [4.69, 9.17) is 4.74 Å². The second kappa shape index (κ2) is 8.36. The molecule has 0 aliphatic carbocycles. The number of alkyl halides is 5. The molecule has 2 amide bonds. The normalized spacial score (nSPS) is 19.1. The molecule has 2 aliphatic rings. The lowest BCUT2D eigenvalue weighted by molar-refractivity contribution is -0.142. The molecule has 0 saturated carbocycles. The van der Waals surface area contributed by atoms with Gasteiger partial charge in [0.05, 0.1) is 0 Å². The molecule has 1 aromatic heterocycles. The standard InChI is InChI=1S/C20H24F5N3O4/c1-18(2,3)32-17(30)27-8-6-19(7-9-27)10-14(29)28(11-19)12-4-5-13(20(23,24)25)26-15(12)31-16(21)22/h4-5,16H,6-11H2,1-3H3. The van der Waals surface area contributed by atoms with Gasteiger partial charge in [0.1, 0.15) is 17.0 Å². The Balaban J connectivity index is 1.77. The van der Waals surface area contributed by atoms with Crippen LogP contribution < -0.4 is 9.64 Å². The maximum absolute atomic E-state index is 13.0. The highest BCUT2D eigenvalue weighted by molar-refractivity contribution is 5.97. The number of carbonyl (C=O) groups excluding carboxylic acids is 2. The summed E-state index contributed by atoms with van der Waals surface area (Å²) in [6.07, 6.45) is -4.34. The van der Waals surface area contributed by atoms with E-state index in [0.29, 0.717) is 32.0 Å². The Hall–Kier alpha value is -2.66. The SMILES string of the molecule is CC(C)(C)OC(=O)N1CCC2(CC1)CC(=O)N(c1ccc(C(F)(F)F)nc1OC(F)F)C2. The van der Waals surface area contributed by atoms with Crippen molar-refractivity contribution in [2.45, 2.75) is 58.4 Å². The Morgan fingerprint density at radius 3 is 2.31 bits per heavy atom. The first-order chi connectivity index (χ1) is 14.7. The minimum absolute atomic E-state index is 0.0737. The van der Waals surface area contributed by atoms with Gasteiger partial charge in [-0.05, 0) is 45.7 Å². The molecule has 0 N–H and O–H groups in total. The quantitative estimate of drug-likeness (QED) is 0.617. The molecule has 12 heteroatoms. The fraction of sp³-hybridized carbons (Fsp3) is 0.650. The van der Waals surface area contributed by atoms with Gasteiger partial charge in [0.15, 0.2) is 0 Å². The zero-order valence-corrected chi connectivity index (χ0v) is 17.8. The van der Waals surface area contributed by atoms with E-state index < -0.39 is 47.4 Å². The summed E-state index contributed by atoms with van der Waals surface area (Å²) in [6.45, 7) is 2.61. The van der Waals surface area contributed by atoms with Gasteiger partial charge in [-0.3, -0.25) is 4.79 Å². The second-order valence-electron chi connectivity index (χ2n) is 9.02. The third kappa shape index (κ3) is 5.39. The van der Waals surface area contributed by atoms with Crippen molar-refractivity contribution in [3.63, 3.8) is 0 Å². The third-order valence-corrected chi connectivity index (χ3v) is 5.42. The fourth-order valence-corrected chi connectivity index (χ4v) is 3.91. The van der Waals surface area contributed by atoms with Crippen molar-refractivity contribution in [1.82, 2.24) is 9.88 Å². The molecule has 2 saturated heterocycles. The van der Waals surface area contributed by atoms with Crippen LogP contribution >= 0.6 is 0 Å². The van der Waals surface area contributed by atoms with Crippen LogP contribution in [0.5, 0.6) is 5.88 Å². The van der Waals surface area contributed by atoms with Crippen LogP contribution in [0.2, 0.25) is 0 Å². The van der Waals surface area contributed by atoms with Crippen molar-refractivity contribution in [1.29, 1.82) is 0 Å². The topological polar surface area (TPSA) is 72.0 Å². The molecule has 178 valence electrons. The average Bonchev–Trinajstić information content (AvgIpc) is 2.95. The van der Waals surface area contributed by atoms with E-state index in [1.54, 1.807) is 20.8 Å². The predicted octanol–water partition coefficient (Wildman–Crippen LogP) is 4.46. The summed E-state index contributed by atoms with van der Waals surface area (Å²) in [4.78, 5) is 30.8. The first-order valence-corrected chi connectivity index (χ1v) is 10.0. The second-order valence-corrected chi connectivity index (χ2v) is 9.02. The van der Waals surface area contributed by atoms with Crippen LogP contribution in [0.25, 0.3) is 0 Å². The van der Waals surface area contributed by atoms with Crippen molar-refractivity contribution in [3.8, 4) is 5.88 Å². The van der Waals surface area contributed by atoms with E-state index in [2.05, 4.69) is 9.72 Å². The van der Waals surface area contributed by atoms with Crippen molar-refractivity contribution in [2.24, 2.45) is 5.41 Å². The van der Waals surface area contributed by atoms with Crippen molar-refractivity contribution < 1.29 is 41.0 Å². The monoisotopic (exact) mass is 465 g/mol. The summed E-state index contributed by atoms with van der Waals surface area (Å²) in [7, 11) is 0. The van der Waals surface area contributed by atoms with Crippen LogP contribution in [0.15, 0.2) is 12.1 Å². The predicted molar refractivity (Wildman–Crippen MR) is 102 cm³/mol. The number of ether oxygens (including phenoxy) is 2. The molecule has 1 aromatic rings. The number of nitrogens with zero attached hydrogens (tertiary/aromatic N) is 3. The van der Waals surface area contributed by atoms with Gasteiger partial charge in [0.25, 0.3) is 0 Å². The Morgan fingerprint density at radius 2 is 1.78 bits per heavy atom. The molecule has 0 atom stereocenters. The molecule has 32 heavy (non-hydrogen) atoms. The van der Waals surface area contributed by atoms with E-state index in [0.717, 1.165) is 11.0 Å². The molecule has 3 rings (SSSR count). The van der Waals surface area contributed by atoms with Crippen LogP contribution in [0.4, 0.5) is 32.4 Å². The Labute approximate surface area is 181 Å². The minimum Gasteiger partial charge on any atom is -0.444 e. The lowest BCUT2D eigenvalue weighted by atomic mass is 9.78. The zero-order valence-electron chi connectivity index (χ0n) is 17.8. The summed E-state index contributed by atoms with van der Waals surface area (Å²) < 4.78 is 74.0. The molecule has 0 bridgehead atoms. The Kier molecular flexibility index (Phi) is 6.27. The lowest BCUT2D eigenvalue weighted by Crippen LogP contribution is -2.46. The van der Waals surface area contributed by atoms with E-state index in [1.807, 2.05) is 0 Å². The number of hydrogen-bond donors (Lipinski definition) is 0. The Bertz CT molecular complexity index is 877. The zero-order chi connectivity index (χ0) is 23.9. The maximum Gasteiger partial charge on any atom is 0.433 e. The summed E-state index contributed by atoms with van der Waals surface area (Å²) in [5.74, 6) is -1.39. The van der Waals surface area contributed by atoms with Gasteiger partial charge in [-0.1, -0.05) is 0 Å². The molecule has 2 fully saturated rings. The molecule has 1 spiro atoms. The van der Waals surface area contributed by atoms with Crippen LogP contribution in [0, 0.1) is 5.41 Å². The smallest absolute Gasteiger partial charge is 0.433 e.